The fourth-order valence-corrected chi connectivity index (χ4v) is 2.53. The number of rotatable bonds is 4. The third-order valence-corrected chi connectivity index (χ3v) is 3.73. The Balaban J connectivity index is 2.06. The number of carbonyl (C=O) groups excluding carboxylic acids is 1. The van der Waals surface area contributed by atoms with Crippen molar-refractivity contribution in [3.8, 4) is 0 Å². The molecule has 6 heteroatoms. The highest BCUT2D eigenvalue weighted by Gasteiger charge is 2.41. The highest BCUT2D eigenvalue weighted by atomic mass is 16.7. The molecule has 1 heterocycles. The van der Waals surface area contributed by atoms with Crippen LogP contribution in [0.4, 0.5) is 0 Å². The first-order chi connectivity index (χ1) is 11.2. The number of aliphatic hydroxyl groups excluding tert-OH is 2. The molecule has 2 rings (SSSR count). The van der Waals surface area contributed by atoms with Crippen LogP contribution in [-0.2, 0) is 19.0 Å². The lowest BCUT2D eigenvalue weighted by atomic mass is 9.95. The van der Waals surface area contributed by atoms with Crippen molar-refractivity contribution in [2.24, 2.45) is 5.92 Å². The molecule has 1 aromatic rings. The summed E-state index contributed by atoms with van der Waals surface area (Å²) in [7, 11) is 0. The Morgan fingerprint density at radius 2 is 1.88 bits per heavy atom. The smallest absolute Gasteiger partial charge is 0.338 e. The minimum Gasteiger partial charge on any atom is -0.458 e. The molecule has 2 N–H and O–H groups in total. The summed E-state index contributed by atoms with van der Waals surface area (Å²) in [5.41, 5.74) is 0.0697. The second-order valence-corrected chi connectivity index (χ2v) is 7.12. The van der Waals surface area contributed by atoms with E-state index in [0.717, 1.165) is 5.56 Å². The van der Waals surface area contributed by atoms with Gasteiger partial charge < -0.3 is 24.4 Å². The van der Waals surface area contributed by atoms with Crippen LogP contribution in [0.25, 0.3) is 0 Å². The molecule has 5 atom stereocenters. The van der Waals surface area contributed by atoms with E-state index in [0.29, 0.717) is 6.61 Å². The highest BCUT2D eigenvalue weighted by Crippen LogP contribution is 2.31. The van der Waals surface area contributed by atoms with Crippen molar-refractivity contribution in [3.63, 3.8) is 0 Å². The second kappa shape index (κ2) is 7.61. The van der Waals surface area contributed by atoms with E-state index in [2.05, 4.69) is 0 Å². The van der Waals surface area contributed by atoms with Gasteiger partial charge >= 0.3 is 5.97 Å². The van der Waals surface area contributed by atoms with Gasteiger partial charge in [-0.05, 0) is 20.8 Å². The molecule has 0 aliphatic carbocycles. The number of ether oxygens (including phenoxy) is 3. The number of hydrogen-bond acceptors (Lipinski definition) is 6. The first-order valence-corrected chi connectivity index (χ1v) is 8.10. The Morgan fingerprint density at radius 3 is 2.46 bits per heavy atom. The first kappa shape index (κ1) is 18.9. The molecule has 0 spiro atoms. The first-order valence-electron chi connectivity index (χ1n) is 8.10. The van der Waals surface area contributed by atoms with Gasteiger partial charge in [-0.3, -0.25) is 0 Å². The molecule has 0 saturated carbocycles. The number of aliphatic hydroxyl groups is 2. The summed E-state index contributed by atoms with van der Waals surface area (Å²) in [6.07, 6.45) is -4.46. The minimum absolute atomic E-state index is 0.183. The maximum atomic E-state index is 12.0. The van der Waals surface area contributed by atoms with Gasteiger partial charge in [-0.15, -0.1) is 0 Å². The molecule has 0 bridgehead atoms. The van der Waals surface area contributed by atoms with Crippen molar-refractivity contribution in [2.75, 3.05) is 6.61 Å². The maximum absolute atomic E-state index is 12.0. The van der Waals surface area contributed by atoms with Crippen molar-refractivity contribution >= 4 is 5.97 Å². The van der Waals surface area contributed by atoms with Crippen molar-refractivity contribution in [1.82, 2.24) is 0 Å². The maximum Gasteiger partial charge on any atom is 0.338 e. The summed E-state index contributed by atoms with van der Waals surface area (Å²) in [6, 6.07) is 9.32. The zero-order chi connectivity index (χ0) is 17.9. The molecule has 24 heavy (non-hydrogen) atoms. The normalized spacial score (nSPS) is 27.3. The van der Waals surface area contributed by atoms with Crippen LogP contribution < -0.4 is 0 Å². The fraction of sp³-hybridized carbons (Fsp3) is 0.611. The molecule has 1 saturated heterocycles. The number of esters is 1. The Hall–Kier alpha value is -1.47. The standard InChI is InChI=1S/C18H26O6/c1-11-10-22-17(12-8-6-5-7-9-12)23-15(11)13(19)14(20)16(21)24-18(2,3)4/h5-9,11,13-15,17,19-20H,10H2,1-4H3/t11-,13+,14+,15-,17-/m0/s1. The summed E-state index contributed by atoms with van der Waals surface area (Å²) < 4.78 is 16.6. The molecule has 0 amide bonds. The van der Waals surface area contributed by atoms with E-state index in [1.54, 1.807) is 20.8 Å². The number of hydrogen-bond donors (Lipinski definition) is 2. The van der Waals surface area contributed by atoms with E-state index in [-0.39, 0.29) is 5.92 Å². The van der Waals surface area contributed by atoms with Gasteiger partial charge in [0.25, 0.3) is 0 Å². The van der Waals surface area contributed by atoms with Crippen LogP contribution in [0, 0.1) is 5.92 Å². The predicted octanol–water partition coefficient (Wildman–Crippen LogP) is 1.80. The molecule has 1 aromatic carbocycles. The van der Waals surface area contributed by atoms with Crippen molar-refractivity contribution < 1.29 is 29.2 Å². The average molecular weight is 338 g/mol. The van der Waals surface area contributed by atoms with E-state index in [1.807, 2.05) is 37.3 Å². The van der Waals surface area contributed by atoms with Crippen LogP contribution >= 0.6 is 0 Å². The van der Waals surface area contributed by atoms with Crippen LogP contribution in [0.15, 0.2) is 30.3 Å². The summed E-state index contributed by atoms with van der Waals surface area (Å²) in [5.74, 6) is -1.05. The third kappa shape index (κ3) is 4.77. The van der Waals surface area contributed by atoms with Crippen molar-refractivity contribution in [1.29, 1.82) is 0 Å². The van der Waals surface area contributed by atoms with E-state index in [9.17, 15) is 15.0 Å². The van der Waals surface area contributed by atoms with Crippen molar-refractivity contribution in [2.45, 2.75) is 57.9 Å². The molecule has 0 unspecified atom stereocenters. The Bertz CT molecular complexity index is 538. The molecule has 1 aliphatic heterocycles. The third-order valence-electron chi connectivity index (χ3n) is 3.73. The molecular weight excluding hydrogens is 312 g/mol. The van der Waals surface area contributed by atoms with Gasteiger partial charge in [0, 0.05) is 11.5 Å². The van der Waals surface area contributed by atoms with Gasteiger partial charge in [-0.25, -0.2) is 4.79 Å². The van der Waals surface area contributed by atoms with E-state index in [1.165, 1.54) is 0 Å². The van der Waals surface area contributed by atoms with Crippen LogP contribution in [0.5, 0.6) is 0 Å². The Morgan fingerprint density at radius 1 is 1.25 bits per heavy atom. The Kier molecular flexibility index (Phi) is 5.98. The van der Waals surface area contributed by atoms with Crippen LogP contribution in [0.1, 0.15) is 39.5 Å². The molecule has 1 fully saturated rings. The van der Waals surface area contributed by atoms with Gasteiger partial charge in [0.1, 0.15) is 11.7 Å². The molecule has 134 valence electrons. The monoisotopic (exact) mass is 338 g/mol. The minimum atomic E-state index is -1.67. The summed E-state index contributed by atoms with van der Waals surface area (Å²) in [4.78, 5) is 12.0. The fourth-order valence-electron chi connectivity index (χ4n) is 2.53. The lowest BCUT2D eigenvalue weighted by molar-refractivity contribution is -0.267. The predicted molar refractivity (Wildman–Crippen MR) is 87.0 cm³/mol. The van der Waals surface area contributed by atoms with Crippen LogP contribution in [-0.4, -0.2) is 46.7 Å². The molecule has 6 nitrogen and oxygen atoms in total. The largest absolute Gasteiger partial charge is 0.458 e. The summed E-state index contributed by atoms with van der Waals surface area (Å²) in [5, 5.41) is 20.5. The van der Waals surface area contributed by atoms with Gasteiger partial charge in [0.15, 0.2) is 12.4 Å². The molecule has 0 radical (unpaired) electrons. The zero-order valence-electron chi connectivity index (χ0n) is 14.5. The molecule has 0 aromatic heterocycles. The van der Waals surface area contributed by atoms with Crippen LogP contribution in [0.3, 0.4) is 0 Å². The van der Waals surface area contributed by atoms with Gasteiger partial charge in [0.05, 0.1) is 12.7 Å². The lowest BCUT2D eigenvalue weighted by Crippen LogP contribution is -2.51. The molecular formula is C18H26O6. The Labute approximate surface area is 142 Å². The van der Waals surface area contributed by atoms with E-state index >= 15 is 0 Å². The van der Waals surface area contributed by atoms with Crippen LogP contribution in [0.2, 0.25) is 0 Å². The average Bonchev–Trinajstić information content (AvgIpc) is 2.53. The molecule has 1 aliphatic rings. The van der Waals surface area contributed by atoms with Gasteiger partial charge in [-0.2, -0.15) is 0 Å². The topological polar surface area (TPSA) is 85.2 Å². The zero-order valence-corrected chi connectivity index (χ0v) is 14.5. The lowest BCUT2D eigenvalue weighted by Gasteiger charge is -2.38. The number of benzene rings is 1. The quantitative estimate of drug-likeness (QED) is 0.814. The number of carbonyl (C=O) groups is 1. The second-order valence-electron chi connectivity index (χ2n) is 7.12. The van der Waals surface area contributed by atoms with Crippen molar-refractivity contribution in [3.05, 3.63) is 35.9 Å². The SMILES string of the molecule is C[C@H]1CO[C@H](c2ccccc2)O[C@@H]1[C@H](O)[C@@H](O)C(=O)OC(C)(C)C. The highest BCUT2D eigenvalue weighted by molar-refractivity contribution is 5.75. The summed E-state index contributed by atoms with van der Waals surface area (Å²) >= 11 is 0. The van der Waals surface area contributed by atoms with Gasteiger partial charge in [-0.1, -0.05) is 37.3 Å². The summed E-state index contributed by atoms with van der Waals surface area (Å²) in [6.45, 7) is 7.27. The van der Waals surface area contributed by atoms with Gasteiger partial charge in [0.2, 0.25) is 0 Å². The van der Waals surface area contributed by atoms with E-state index in [4.69, 9.17) is 14.2 Å². The van der Waals surface area contributed by atoms with E-state index < -0.39 is 36.2 Å².